The van der Waals surface area contributed by atoms with Crippen LogP contribution in [0.4, 0.5) is 13.2 Å². The summed E-state index contributed by atoms with van der Waals surface area (Å²) < 4.78 is 41.8. The van der Waals surface area contributed by atoms with E-state index in [-0.39, 0.29) is 6.42 Å². The van der Waals surface area contributed by atoms with Crippen molar-refractivity contribution in [2.45, 2.75) is 71.2 Å². The Morgan fingerprint density at radius 3 is 2.20 bits per heavy atom. The number of amides is 1. The maximum atomic E-state index is 12.2. The Bertz CT molecular complexity index is 344. The number of rotatable bonds is 7. The second-order valence-electron chi connectivity index (χ2n) is 5.00. The number of halogens is 3. The number of carbonyl (C=O) groups excluding carboxylic acids is 2. The minimum Gasteiger partial charge on any atom is -0.461 e. The van der Waals surface area contributed by atoms with Crippen LogP contribution < -0.4 is 5.32 Å². The summed E-state index contributed by atoms with van der Waals surface area (Å²) in [7, 11) is 0. The Morgan fingerprint density at radius 2 is 1.80 bits per heavy atom. The molecule has 1 unspecified atom stereocenters. The molecule has 20 heavy (non-hydrogen) atoms. The van der Waals surface area contributed by atoms with Crippen molar-refractivity contribution < 1.29 is 27.5 Å². The Hall–Kier alpha value is -1.27. The SMILES string of the molecule is CCCCC(C)OC(=O)[C@@](C)(CC)NC(=O)C(F)(F)F. The van der Waals surface area contributed by atoms with Crippen molar-refractivity contribution in [3.8, 4) is 0 Å². The molecule has 1 N–H and O–H groups in total. The van der Waals surface area contributed by atoms with Gasteiger partial charge < -0.3 is 10.1 Å². The summed E-state index contributed by atoms with van der Waals surface area (Å²) >= 11 is 0. The Morgan fingerprint density at radius 1 is 1.25 bits per heavy atom. The summed E-state index contributed by atoms with van der Waals surface area (Å²) in [5, 5.41) is 1.71. The molecule has 0 fully saturated rings. The largest absolute Gasteiger partial charge is 0.471 e. The zero-order chi connectivity index (χ0) is 16.0. The molecule has 7 heteroatoms. The van der Waals surface area contributed by atoms with Gasteiger partial charge in [0.15, 0.2) is 0 Å². The molecule has 0 heterocycles. The maximum absolute atomic E-state index is 12.2. The quantitative estimate of drug-likeness (QED) is 0.735. The number of alkyl halides is 3. The normalized spacial score (nSPS) is 16.1. The highest BCUT2D eigenvalue weighted by atomic mass is 19.4. The molecule has 118 valence electrons. The average molecular weight is 297 g/mol. The molecule has 0 saturated carbocycles. The van der Waals surface area contributed by atoms with Crippen molar-refractivity contribution in [1.29, 1.82) is 0 Å². The van der Waals surface area contributed by atoms with Crippen LogP contribution in [0, 0.1) is 0 Å². The monoisotopic (exact) mass is 297 g/mol. The van der Waals surface area contributed by atoms with Gasteiger partial charge in [-0.1, -0.05) is 26.7 Å². The molecule has 0 aromatic rings. The Labute approximate surface area is 117 Å². The minimum absolute atomic E-state index is 0.00809. The number of hydrogen-bond donors (Lipinski definition) is 1. The first-order valence-corrected chi connectivity index (χ1v) is 6.67. The van der Waals surface area contributed by atoms with Crippen LogP contribution in [0.15, 0.2) is 0 Å². The molecule has 1 amide bonds. The highest BCUT2D eigenvalue weighted by Gasteiger charge is 2.45. The van der Waals surface area contributed by atoms with Gasteiger partial charge in [-0.25, -0.2) is 4.79 Å². The summed E-state index contributed by atoms with van der Waals surface area (Å²) in [5.74, 6) is -2.98. The van der Waals surface area contributed by atoms with Crippen molar-refractivity contribution in [2.24, 2.45) is 0 Å². The smallest absolute Gasteiger partial charge is 0.461 e. The topological polar surface area (TPSA) is 55.4 Å². The van der Waals surface area contributed by atoms with Crippen molar-refractivity contribution >= 4 is 11.9 Å². The standard InChI is InChI=1S/C13H22F3NO3/c1-5-7-8-9(3)20-11(19)12(4,6-2)17-10(18)13(14,15)16/h9H,5-8H2,1-4H3,(H,17,18)/t9?,12-/m1/s1. The Kier molecular flexibility index (Phi) is 7.02. The zero-order valence-corrected chi connectivity index (χ0v) is 12.3. The summed E-state index contributed by atoms with van der Waals surface area (Å²) in [6.07, 6.45) is -2.99. The van der Waals surface area contributed by atoms with E-state index in [9.17, 15) is 22.8 Å². The van der Waals surface area contributed by atoms with Crippen LogP contribution in [-0.4, -0.2) is 29.7 Å². The molecule has 2 atom stereocenters. The summed E-state index contributed by atoms with van der Waals surface area (Å²) in [6.45, 7) is 6.39. The number of nitrogens with one attached hydrogen (secondary N) is 1. The van der Waals surface area contributed by atoms with Gasteiger partial charge in [-0.3, -0.25) is 4.79 Å². The van der Waals surface area contributed by atoms with Crippen LogP contribution in [0.2, 0.25) is 0 Å². The van der Waals surface area contributed by atoms with E-state index < -0.39 is 29.7 Å². The zero-order valence-electron chi connectivity index (χ0n) is 12.3. The van der Waals surface area contributed by atoms with Crippen molar-refractivity contribution in [1.82, 2.24) is 5.32 Å². The molecule has 0 aliphatic carbocycles. The number of carbonyl (C=O) groups is 2. The molecule has 0 aromatic heterocycles. The van der Waals surface area contributed by atoms with Crippen LogP contribution in [0.5, 0.6) is 0 Å². The second-order valence-corrected chi connectivity index (χ2v) is 5.00. The van der Waals surface area contributed by atoms with Gasteiger partial charge in [-0.15, -0.1) is 0 Å². The van der Waals surface area contributed by atoms with E-state index in [0.29, 0.717) is 6.42 Å². The first kappa shape index (κ1) is 18.7. The third-order valence-corrected chi connectivity index (χ3v) is 3.08. The van der Waals surface area contributed by atoms with E-state index in [0.717, 1.165) is 12.8 Å². The summed E-state index contributed by atoms with van der Waals surface area (Å²) in [6, 6.07) is 0. The molecular weight excluding hydrogens is 275 g/mol. The lowest BCUT2D eigenvalue weighted by Gasteiger charge is -2.29. The van der Waals surface area contributed by atoms with Crippen LogP contribution in [0.25, 0.3) is 0 Å². The highest BCUT2D eigenvalue weighted by Crippen LogP contribution is 2.20. The fourth-order valence-electron chi connectivity index (χ4n) is 1.47. The molecular formula is C13H22F3NO3. The number of hydrogen-bond acceptors (Lipinski definition) is 3. The first-order valence-electron chi connectivity index (χ1n) is 6.67. The van der Waals surface area contributed by atoms with E-state index in [1.54, 1.807) is 12.2 Å². The minimum atomic E-state index is -5.02. The summed E-state index contributed by atoms with van der Waals surface area (Å²) in [4.78, 5) is 22.9. The van der Waals surface area contributed by atoms with Gasteiger partial charge in [0, 0.05) is 0 Å². The van der Waals surface area contributed by atoms with Crippen molar-refractivity contribution in [3.63, 3.8) is 0 Å². The number of ether oxygens (including phenoxy) is 1. The molecule has 4 nitrogen and oxygen atoms in total. The molecule has 0 bridgehead atoms. The predicted molar refractivity (Wildman–Crippen MR) is 68.0 cm³/mol. The van der Waals surface area contributed by atoms with E-state index in [1.807, 2.05) is 6.92 Å². The molecule has 0 aliphatic heterocycles. The molecule has 0 rings (SSSR count). The molecule has 0 saturated heterocycles. The van der Waals surface area contributed by atoms with Crippen molar-refractivity contribution in [2.75, 3.05) is 0 Å². The molecule has 0 spiro atoms. The van der Waals surface area contributed by atoms with Crippen LogP contribution in [0.1, 0.15) is 53.4 Å². The van der Waals surface area contributed by atoms with Crippen molar-refractivity contribution in [3.05, 3.63) is 0 Å². The maximum Gasteiger partial charge on any atom is 0.471 e. The van der Waals surface area contributed by atoms with Gasteiger partial charge >= 0.3 is 18.1 Å². The second kappa shape index (κ2) is 7.50. The van der Waals surface area contributed by atoms with Gasteiger partial charge in [0.05, 0.1) is 6.10 Å². The molecule has 0 radical (unpaired) electrons. The average Bonchev–Trinajstić information content (AvgIpc) is 2.34. The third-order valence-electron chi connectivity index (χ3n) is 3.08. The van der Waals surface area contributed by atoms with Crippen LogP contribution in [-0.2, 0) is 14.3 Å². The van der Waals surface area contributed by atoms with E-state index >= 15 is 0 Å². The van der Waals surface area contributed by atoms with Gasteiger partial charge in [-0.05, 0) is 26.7 Å². The van der Waals surface area contributed by atoms with Gasteiger partial charge in [-0.2, -0.15) is 13.2 Å². The van der Waals surface area contributed by atoms with E-state index in [2.05, 4.69) is 0 Å². The lowest BCUT2D eigenvalue weighted by atomic mass is 9.99. The van der Waals surface area contributed by atoms with E-state index in [1.165, 1.54) is 13.8 Å². The fraction of sp³-hybridized carbons (Fsp3) is 0.846. The number of esters is 1. The van der Waals surface area contributed by atoms with Gasteiger partial charge in [0.2, 0.25) is 0 Å². The molecule has 0 aliphatic rings. The number of unbranched alkanes of at least 4 members (excludes halogenated alkanes) is 1. The highest BCUT2D eigenvalue weighted by molar-refractivity contribution is 5.90. The lowest BCUT2D eigenvalue weighted by Crippen LogP contribution is -2.56. The lowest BCUT2D eigenvalue weighted by molar-refractivity contribution is -0.179. The summed E-state index contributed by atoms with van der Waals surface area (Å²) in [5.41, 5.74) is -1.67. The van der Waals surface area contributed by atoms with Gasteiger partial charge in [0.1, 0.15) is 5.54 Å². The predicted octanol–water partition coefficient (Wildman–Crippen LogP) is 2.96. The molecule has 0 aromatic carbocycles. The fourth-order valence-corrected chi connectivity index (χ4v) is 1.47. The Balaban J connectivity index is 4.70. The van der Waals surface area contributed by atoms with Crippen LogP contribution >= 0.6 is 0 Å². The van der Waals surface area contributed by atoms with E-state index in [4.69, 9.17) is 4.74 Å². The third kappa shape index (κ3) is 5.79. The first-order chi connectivity index (χ1) is 9.06. The van der Waals surface area contributed by atoms with Gasteiger partial charge in [0.25, 0.3) is 0 Å². The van der Waals surface area contributed by atoms with Crippen LogP contribution in [0.3, 0.4) is 0 Å².